The molecule has 1 aromatic rings. The molecule has 0 N–H and O–H groups in total. The van der Waals surface area contributed by atoms with Crippen LogP contribution in [0.2, 0.25) is 0 Å². The monoisotopic (exact) mass is 298 g/mol. The first kappa shape index (κ1) is 15.9. The number of rotatable bonds is 5. The average Bonchev–Trinajstić information content (AvgIpc) is 2.25. The Morgan fingerprint density at radius 1 is 1.16 bits per heavy atom. The normalized spacial score (nSPS) is 12.7. The highest BCUT2D eigenvalue weighted by Gasteiger charge is 2.31. The quantitative estimate of drug-likeness (QED) is 0.783. The van der Waals surface area contributed by atoms with Gasteiger partial charge < -0.3 is 4.74 Å². The van der Waals surface area contributed by atoms with Gasteiger partial charge in [0.2, 0.25) is 0 Å². The summed E-state index contributed by atoms with van der Waals surface area (Å²) in [4.78, 5) is 0. The van der Waals surface area contributed by atoms with E-state index in [4.69, 9.17) is 4.74 Å². The van der Waals surface area contributed by atoms with Crippen LogP contribution in [0.25, 0.3) is 0 Å². The van der Waals surface area contributed by atoms with Crippen LogP contribution in [0.5, 0.6) is 0 Å². The van der Waals surface area contributed by atoms with E-state index in [1.165, 1.54) is 13.2 Å². The molecule has 0 aliphatic heterocycles. The lowest BCUT2D eigenvalue weighted by molar-refractivity contribution is -0.137. The van der Waals surface area contributed by atoms with Gasteiger partial charge in [0.05, 0.1) is 25.0 Å². The predicted molar refractivity (Wildman–Crippen MR) is 61.8 cm³/mol. The van der Waals surface area contributed by atoms with Gasteiger partial charge in [0.25, 0.3) is 10.1 Å². The van der Waals surface area contributed by atoms with Gasteiger partial charge in [-0.3, -0.25) is 4.18 Å². The maximum Gasteiger partial charge on any atom is 0.416 e. The Balaban J connectivity index is 3.04. The van der Waals surface area contributed by atoms with E-state index in [1.54, 1.807) is 0 Å². The molecule has 0 bridgehead atoms. The number of hydrogen-bond acceptors (Lipinski definition) is 4. The topological polar surface area (TPSA) is 52.6 Å². The third-order valence-electron chi connectivity index (χ3n) is 2.26. The van der Waals surface area contributed by atoms with Crippen molar-refractivity contribution in [3.63, 3.8) is 0 Å². The largest absolute Gasteiger partial charge is 0.416 e. The van der Waals surface area contributed by atoms with Crippen LogP contribution in [0.3, 0.4) is 0 Å². The van der Waals surface area contributed by atoms with Gasteiger partial charge in [-0.2, -0.15) is 21.6 Å². The van der Waals surface area contributed by atoms with Crippen LogP contribution in [0.15, 0.2) is 18.2 Å². The molecule has 0 heterocycles. The molecular formula is C11H13F3O4S. The molecule has 0 saturated heterocycles. The Kier molecular flexibility index (Phi) is 4.94. The van der Waals surface area contributed by atoms with Crippen molar-refractivity contribution in [3.8, 4) is 0 Å². The van der Waals surface area contributed by atoms with Crippen LogP contribution in [0, 0.1) is 0 Å². The van der Waals surface area contributed by atoms with Crippen molar-refractivity contribution in [2.45, 2.75) is 19.4 Å². The third kappa shape index (κ3) is 5.17. The first-order valence-electron chi connectivity index (χ1n) is 5.16. The van der Waals surface area contributed by atoms with Gasteiger partial charge in [0.15, 0.2) is 0 Å². The highest BCUT2D eigenvalue weighted by atomic mass is 32.2. The van der Waals surface area contributed by atoms with Crippen molar-refractivity contribution < 1.29 is 30.5 Å². The van der Waals surface area contributed by atoms with E-state index in [0.717, 1.165) is 18.4 Å². The van der Waals surface area contributed by atoms with Gasteiger partial charge in [-0.1, -0.05) is 6.07 Å². The molecule has 0 amide bonds. The summed E-state index contributed by atoms with van der Waals surface area (Å²) in [6.45, 7) is -0.387. The van der Waals surface area contributed by atoms with E-state index in [0.29, 0.717) is 5.56 Å². The van der Waals surface area contributed by atoms with Crippen molar-refractivity contribution in [1.82, 2.24) is 0 Å². The van der Waals surface area contributed by atoms with Crippen molar-refractivity contribution in [2.24, 2.45) is 0 Å². The Morgan fingerprint density at radius 2 is 1.79 bits per heavy atom. The molecular weight excluding hydrogens is 285 g/mol. The van der Waals surface area contributed by atoms with Crippen LogP contribution in [0.1, 0.15) is 16.7 Å². The molecule has 1 rings (SSSR count). The molecule has 19 heavy (non-hydrogen) atoms. The van der Waals surface area contributed by atoms with Crippen LogP contribution >= 0.6 is 0 Å². The number of hydrogen-bond donors (Lipinski definition) is 0. The van der Waals surface area contributed by atoms with Crippen LogP contribution in [0.4, 0.5) is 13.2 Å². The summed E-state index contributed by atoms with van der Waals surface area (Å²) in [5, 5.41) is 0. The lowest BCUT2D eigenvalue weighted by Gasteiger charge is -2.13. The molecule has 1 aromatic carbocycles. The van der Waals surface area contributed by atoms with Crippen LogP contribution in [-0.2, 0) is 38.4 Å². The summed E-state index contributed by atoms with van der Waals surface area (Å²) in [6, 6.07) is 2.98. The van der Waals surface area contributed by atoms with Crippen molar-refractivity contribution in [2.75, 3.05) is 13.4 Å². The Labute approximate surface area is 109 Å². The first-order chi connectivity index (χ1) is 8.63. The third-order valence-corrected chi connectivity index (χ3v) is 2.81. The Hall–Kier alpha value is -1.12. The summed E-state index contributed by atoms with van der Waals surface area (Å²) < 4.78 is 68.7. The lowest BCUT2D eigenvalue weighted by atomic mass is 10.0. The number of halogens is 3. The standard InChI is InChI=1S/C11H13F3O4S/c1-17-6-9-5-10(11(12,13)14)4-3-8(9)7-18-19(2,15)16/h3-5H,6-7H2,1-2H3. The van der Waals surface area contributed by atoms with Gasteiger partial charge in [-0.15, -0.1) is 0 Å². The first-order valence-corrected chi connectivity index (χ1v) is 6.97. The minimum absolute atomic E-state index is 0.0631. The molecule has 8 heteroatoms. The molecule has 108 valence electrons. The van der Waals surface area contributed by atoms with Gasteiger partial charge in [-0.25, -0.2) is 0 Å². The molecule has 0 atom stereocenters. The second-order valence-electron chi connectivity index (χ2n) is 3.88. The SMILES string of the molecule is COCc1cc(C(F)(F)F)ccc1COS(C)(=O)=O. The van der Waals surface area contributed by atoms with Crippen molar-refractivity contribution in [3.05, 3.63) is 34.9 Å². The fourth-order valence-electron chi connectivity index (χ4n) is 1.40. The summed E-state index contributed by atoms with van der Waals surface area (Å²) in [5.41, 5.74) is -0.246. The van der Waals surface area contributed by atoms with Gasteiger partial charge >= 0.3 is 6.18 Å². The zero-order valence-electron chi connectivity index (χ0n) is 10.3. The van der Waals surface area contributed by atoms with Crippen LogP contribution < -0.4 is 0 Å². The smallest absolute Gasteiger partial charge is 0.380 e. The Bertz CT molecular complexity index is 537. The summed E-state index contributed by atoms with van der Waals surface area (Å²) in [5.74, 6) is 0. The molecule has 0 unspecified atom stereocenters. The van der Waals surface area contributed by atoms with Crippen molar-refractivity contribution in [1.29, 1.82) is 0 Å². The van der Waals surface area contributed by atoms with E-state index in [2.05, 4.69) is 4.18 Å². The molecule has 4 nitrogen and oxygen atoms in total. The van der Waals surface area contributed by atoms with E-state index in [-0.39, 0.29) is 18.8 Å². The molecule has 0 radical (unpaired) electrons. The molecule has 0 spiro atoms. The van der Waals surface area contributed by atoms with E-state index >= 15 is 0 Å². The van der Waals surface area contributed by atoms with Crippen LogP contribution in [-0.4, -0.2) is 21.8 Å². The molecule has 0 aliphatic rings. The lowest BCUT2D eigenvalue weighted by Crippen LogP contribution is -2.09. The second kappa shape index (κ2) is 5.89. The summed E-state index contributed by atoms with van der Waals surface area (Å²) >= 11 is 0. The zero-order valence-corrected chi connectivity index (χ0v) is 11.1. The molecule has 0 fully saturated rings. The number of ether oxygens (including phenoxy) is 1. The fraction of sp³-hybridized carbons (Fsp3) is 0.455. The number of benzene rings is 1. The van der Waals surface area contributed by atoms with Crippen molar-refractivity contribution >= 4 is 10.1 Å². The maximum atomic E-state index is 12.5. The zero-order chi connectivity index (χ0) is 14.7. The van der Waals surface area contributed by atoms with E-state index in [9.17, 15) is 21.6 Å². The summed E-state index contributed by atoms with van der Waals surface area (Å²) in [7, 11) is -2.32. The average molecular weight is 298 g/mol. The van der Waals surface area contributed by atoms with Gasteiger partial charge in [-0.05, 0) is 23.3 Å². The minimum Gasteiger partial charge on any atom is -0.380 e. The van der Waals surface area contributed by atoms with Gasteiger partial charge in [0.1, 0.15) is 0 Å². The molecule has 0 aliphatic carbocycles. The second-order valence-corrected chi connectivity index (χ2v) is 5.52. The number of alkyl halides is 3. The van der Waals surface area contributed by atoms with E-state index in [1.807, 2.05) is 0 Å². The van der Waals surface area contributed by atoms with Gasteiger partial charge in [0, 0.05) is 7.11 Å². The fourth-order valence-corrected chi connectivity index (χ4v) is 1.74. The van der Waals surface area contributed by atoms with E-state index < -0.39 is 21.9 Å². The Morgan fingerprint density at radius 3 is 2.26 bits per heavy atom. The molecule has 0 saturated carbocycles. The number of methoxy groups -OCH3 is 1. The maximum absolute atomic E-state index is 12.5. The highest BCUT2D eigenvalue weighted by molar-refractivity contribution is 7.85. The summed E-state index contributed by atoms with van der Waals surface area (Å²) in [6.07, 6.45) is -3.59. The highest BCUT2D eigenvalue weighted by Crippen LogP contribution is 2.31. The minimum atomic E-state index is -4.46. The predicted octanol–water partition coefficient (Wildman–Crippen LogP) is 2.33. The molecule has 0 aromatic heterocycles.